The second kappa shape index (κ2) is 8.85. The van der Waals surface area contributed by atoms with Crippen molar-refractivity contribution in [3.05, 3.63) is 65.5 Å². The zero-order valence-electron chi connectivity index (χ0n) is 18.8. The average Bonchev–Trinajstić information content (AvgIpc) is 3.47. The Morgan fingerprint density at radius 1 is 1.18 bits per heavy atom. The SMILES string of the molecule is Cc1cc(F)cc(-n2nccn2)c1C(=O)N1CCCC(C)C1CNc1nc2ccc(F)cc2o1. The van der Waals surface area contributed by atoms with Gasteiger partial charge in [-0.1, -0.05) is 6.92 Å². The van der Waals surface area contributed by atoms with Gasteiger partial charge in [0, 0.05) is 25.2 Å². The lowest BCUT2D eigenvalue weighted by Crippen LogP contribution is -2.51. The van der Waals surface area contributed by atoms with Crippen molar-refractivity contribution >= 4 is 23.0 Å². The standard InChI is InChI=1S/C24H24F2N6O2/c1-14-4-3-9-31(20(14)13-27-24-30-18-6-5-16(25)12-21(18)34-24)23(33)22-15(2)10-17(26)11-19(22)32-28-7-8-29-32/h5-8,10-12,14,20H,3-4,9,13H2,1-2H3,(H,27,30). The van der Waals surface area contributed by atoms with E-state index in [1.54, 1.807) is 13.0 Å². The maximum absolute atomic E-state index is 14.2. The van der Waals surface area contributed by atoms with Crippen LogP contribution >= 0.6 is 0 Å². The van der Waals surface area contributed by atoms with E-state index in [9.17, 15) is 13.6 Å². The lowest BCUT2D eigenvalue weighted by atomic mass is 9.89. The van der Waals surface area contributed by atoms with Gasteiger partial charge in [0.2, 0.25) is 0 Å². The molecule has 1 N–H and O–H groups in total. The minimum Gasteiger partial charge on any atom is -0.423 e. The molecule has 0 spiro atoms. The lowest BCUT2D eigenvalue weighted by molar-refractivity contribution is 0.0538. The number of anilines is 1. The Hall–Kier alpha value is -3.82. The number of carbonyl (C=O) groups excluding carboxylic acids is 1. The highest BCUT2D eigenvalue weighted by Crippen LogP contribution is 2.29. The van der Waals surface area contributed by atoms with Crippen LogP contribution in [0.1, 0.15) is 35.7 Å². The Morgan fingerprint density at radius 3 is 2.76 bits per heavy atom. The molecule has 0 saturated carbocycles. The molecule has 34 heavy (non-hydrogen) atoms. The van der Waals surface area contributed by atoms with Crippen molar-refractivity contribution in [2.75, 3.05) is 18.4 Å². The number of fused-ring (bicyclic) bond motifs is 1. The zero-order chi connectivity index (χ0) is 23.8. The fourth-order valence-electron chi connectivity index (χ4n) is 4.62. The molecule has 1 fully saturated rings. The smallest absolute Gasteiger partial charge is 0.295 e. The number of halogens is 2. The Kier molecular flexibility index (Phi) is 5.72. The molecule has 1 saturated heterocycles. The first-order valence-corrected chi connectivity index (χ1v) is 11.2. The molecular formula is C24H24F2N6O2. The van der Waals surface area contributed by atoms with Gasteiger partial charge in [0.25, 0.3) is 11.9 Å². The number of benzene rings is 2. The van der Waals surface area contributed by atoms with Gasteiger partial charge in [0.1, 0.15) is 22.8 Å². The number of hydrogen-bond donors (Lipinski definition) is 1. The zero-order valence-corrected chi connectivity index (χ0v) is 18.8. The molecule has 8 nitrogen and oxygen atoms in total. The molecule has 1 aliphatic rings. The van der Waals surface area contributed by atoms with Crippen molar-refractivity contribution in [2.45, 2.75) is 32.7 Å². The molecule has 1 amide bonds. The molecule has 10 heteroatoms. The van der Waals surface area contributed by atoms with Crippen LogP contribution in [0.4, 0.5) is 14.8 Å². The van der Waals surface area contributed by atoms with Gasteiger partial charge in [-0.2, -0.15) is 20.0 Å². The van der Waals surface area contributed by atoms with Crippen molar-refractivity contribution in [2.24, 2.45) is 5.92 Å². The van der Waals surface area contributed by atoms with Crippen molar-refractivity contribution < 1.29 is 18.0 Å². The summed E-state index contributed by atoms with van der Waals surface area (Å²) in [4.78, 5) is 21.3. The number of carbonyl (C=O) groups is 1. The van der Waals surface area contributed by atoms with Crippen molar-refractivity contribution in [1.82, 2.24) is 24.9 Å². The quantitative estimate of drug-likeness (QED) is 0.471. The number of nitrogens with one attached hydrogen (secondary N) is 1. The maximum Gasteiger partial charge on any atom is 0.295 e. The van der Waals surface area contributed by atoms with Gasteiger partial charge in [-0.15, -0.1) is 0 Å². The van der Waals surface area contributed by atoms with Gasteiger partial charge in [-0.25, -0.2) is 8.78 Å². The van der Waals surface area contributed by atoms with Crippen LogP contribution in [0.2, 0.25) is 0 Å². The fourth-order valence-corrected chi connectivity index (χ4v) is 4.62. The topological polar surface area (TPSA) is 89.1 Å². The number of piperidine rings is 1. The molecule has 0 aliphatic carbocycles. The van der Waals surface area contributed by atoms with Gasteiger partial charge in [0.05, 0.1) is 24.0 Å². The van der Waals surface area contributed by atoms with Gasteiger partial charge < -0.3 is 14.6 Å². The summed E-state index contributed by atoms with van der Waals surface area (Å²) in [7, 11) is 0. The molecule has 0 radical (unpaired) electrons. The summed E-state index contributed by atoms with van der Waals surface area (Å²) >= 11 is 0. The summed E-state index contributed by atoms with van der Waals surface area (Å²) in [6, 6.07) is 6.90. The summed E-state index contributed by atoms with van der Waals surface area (Å²) < 4.78 is 33.3. The van der Waals surface area contributed by atoms with E-state index in [-0.39, 0.29) is 23.9 Å². The number of aryl methyl sites for hydroxylation is 1. The minimum atomic E-state index is -0.459. The molecule has 2 aromatic heterocycles. The fraction of sp³-hybridized carbons (Fsp3) is 0.333. The molecule has 2 unspecified atom stereocenters. The summed E-state index contributed by atoms with van der Waals surface area (Å²) in [6.07, 6.45) is 4.79. The lowest BCUT2D eigenvalue weighted by Gasteiger charge is -2.40. The Morgan fingerprint density at radius 2 is 1.97 bits per heavy atom. The summed E-state index contributed by atoms with van der Waals surface area (Å²) in [5.74, 6) is -0.856. The van der Waals surface area contributed by atoms with E-state index in [0.717, 1.165) is 12.8 Å². The third-order valence-corrected chi connectivity index (χ3v) is 6.32. The molecule has 3 heterocycles. The molecule has 0 bridgehead atoms. The monoisotopic (exact) mass is 466 g/mol. The number of nitrogens with zero attached hydrogens (tertiary/aromatic N) is 5. The molecular weight excluding hydrogens is 442 g/mol. The number of oxazole rings is 1. The van der Waals surface area contributed by atoms with Crippen LogP contribution < -0.4 is 5.32 Å². The first-order valence-electron chi connectivity index (χ1n) is 11.2. The van der Waals surface area contributed by atoms with Crippen LogP contribution in [0, 0.1) is 24.5 Å². The first kappa shape index (κ1) is 22.0. The van der Waals surface area contributed by atoms with Gasteiger partial charge >= 0.3 is 0 Å². The molecule has 176 valence electrons. The van der Waals surface area contributed by atoms with Gasteiger partial charge in [-0.3, -0.25) is 4.79 Å². The summed E-state index contributed by atoms with van der Waals surface area (Å²) in [5.41, 5.74) is 2.09. The number of rotatable bonds is 5. The van der Waals surface area contributed by atoms with Crippen molar-refractivity contribution in [3.63, 3.8) is 0 Å². The number of amides is 1. The average molecular weight is 466 g/mol. The van der Waals surface area contributed by atoms with E-state index >= 15 is 0 Å². The molecule has 4 aromatic rings. The molecule has 2 aromatic carbocycles. The highest BCUT2D eigenvalue weighted by Gasteiger charge is 2.34. The first-order chi connectivity index (χ1) is 16.4. The molecule has 5 rings (SSSR count). The third kappa shape index (κ3) is 4.11. The van der Waals surface area contributed by atoms with Crippen LogP contribution in [-0.2, 0) is 0 Å². The van der Waals surface area contributed by atoms with E-state index in [0.29, 0.717) is 41.0 Å². The highest BCUT2D eigenvalue weighted by molar-refractivity contribution is 5.99. The normalized spacial score (nSPS) is 18.4. The van der Waals surface area contributed by atoms with Crippen LogP contribution in [0.15, 0.2) is 47.1 Å². The summed E-state index contributed by atoms with van der Waals surface area (Å²) in [5, 5.41) is 11.4. The van der Waals surface area contributed by atoms with Crippen LogP contribution in [0.3, 0.4) is 0 Å². The van der Waals surface area contributed by atoms with Crippen LogP contribution in [-0.4, -0.2) is 49.9 Å². The van der Waals surface area contributed by atoms with E-state index in [1.165, 1.54) is 41.5 Å². The van der Waals surface area contributed by atoms with Crippen LogP contribution in [0.25, 0.3) is 16.8 Å². The second-order valence-electron chi connectivity index (χ2n) is 8.63. The number of likely N-dealkylation sites (tertiary alicyclic amines) is 1. The number of hydrogen-bond acceptors (Lipinski definition) is 6. The van der Waals surface area contributed by atoms with Crippen molar-refractivity contribution in [3.8, 4) is 5.69 Å². The van der Waals surface area contributed by atoms with E-state index < -0.39 is 11.6 Å². The Bertz CT molecular complexity index is 1340. The van der Waals surface area contributed by atoms with Gasteiger partial charge in [-0.05, 0) is 49.4 Å². The largest absolute Gasteiger partial charge is 0.423 e. The maximum atomic E-state index is 14.2. The predicted molar refractivity (Wildman–Crippen MR) is 122 cm³/mol. The predicted octanol–water partition coefficient (Wildman–Crippen LogP) is 4.35. The minimum absolute atomic E-state index is 0.157. The van der Waals surface area contributed by atoms with E-state index in [2.05, 4.69) is 27.4 Å². The van der Waals surface area contributed by atoms with E-state index in [1.807, 2.05) is 4.90 Å². The van der Waals surface area contributed by atoms with Crippen LogP contribution in [0.5, 0.6) is 0 Å². The summed E-state index contributed by atoms with van der Waals surface area (Å²) in [6.45, 7) is 4.77. The Labute approximate surface area is 194 Å². The Balaban J connectivity index is 1.43. The van der Waals surface area contributed by atoms with Gasteiger partial charge in [0.15, 0.2) is 5.58 Å². The molecule has 1 aliphatic heterocycles. The highest BCUT2D eigenvalue weighted by atomic mass is 19.1. The molecule has 2 atom stereocenters. The van der Waals surface area contributed by atoms with E-state index in [4.69, 9.17) is 4.42 Å². The number of aromatic nitrogens is 4. The second-order valence-corrected chi connectivity index (χ2v) is 8.63. The third-order valence-electron chi connectivity index (χ3n) is 6.32. The van der Waals surface area contributed by atoms with Crippen molar-refractivity contribution in [1.29, 1.82) is 0 Å².